The number of benzene rings is 1. The van der Waals surface area contributed by atoms with Crippen molar-refractivity contribution in [1.29, 1.82) is 0 Å². The molecule has 0 saturated heterocycles. The van der Waals surface area contributed by atoms with Gasteiger partial charge in [-0.3, -0.25) is 9.59 Å². The van der Waals surface area contributed by atoms with Crippen molar-refractivity contribution in [3.63, 3.8) is 0 Å². The van der Waals surface area contributed by atoms with Crippen LogP contribution in [0.1, 0.15) is 311 Å². The molecule has 67 heavy (non-hydrogen) atoms. The fourth-order valence-corrected chi connectivity index (χ4v) is 8.93. The van der Waals surface area contributed by atoms with E-state index in [0.29, 0.717) is 45.3 Å². The first kappa shape index (κ1) is 64.1. The van der Waals surface area contributed by atoms with Crippen molar-refractivity contribution < 1.29 is 38.9 Å². The second kappa shape index (κ2) is 45.5. The van der Waals surface area contributed by atoms with Gasteiger partial charge in [-0.25, -0.2) is 9.59 Å². The first-order valence-corrected chi connectivity index (χ1v) is 28.3. The minimum Gasteiger partial charge on any atom is -0.478 e. The molecule has 1 aromatic rings. The van der Waals surface area contributed by atoms with E-state index in [2.05, 4.69) is 48.5 Å². The molecular weight excluding hydrogens is 837 g/mol. The van der Waals surface area contributed by atoms with Crippen LogP contribution in [0.25, 0.3) is 0 Å². The molecule has 0 atom stereocenters. The number of aromatic carboxylic acids is 2. The van der Waals surface area contributed by atoms with E-state index in [1.54, 1.807) is 6.07 Å². The summed E-state index contributed by atoms with van der Waals surface area (Å²) < 4.78 is 10.5. The van der Waals surface area contributed by atoms with E-state index in [1.807, 2.05) is 0 Å². The van der Waals surface area contributed by atoms with Crippen molar-refractivity contribution in [3.8, 4) is 0 Å². The normalized spacial score (nSPS) is 11.2. The Hall–Kier alpha value is -2.90. The maximum Gasteiger partial charge on any atom is 0.336 e. The standard InChI is InChI=1S/C35H60O4.C24H46O4/c1-4-7-10-13-15-16-18-21-24-27-31-30(26-23-20-17-14-11-8-5-2)29(25-22-19-12-9-6-3)28-32(34(36)37)33(31)35(38)39;1-21(2)15-9-5-7-13-19-27-23(25)17-11-12-18-24(26)28-20-14-8-6-10-16-22(3)4/h28H,4-27H2,1-3H3,(H,36,37)(H,38,39);21-22H,5-20H2,1-4H3. The van der Waals surface area contributed by atoms with Crippen LogP contribution in [-0.4, -0.2) is 47.3 Å². The van der Waals surface area contributed by atoms with Crippen molar-refractivity contribution in [2.45, 2.75) is 292 Å². The number of hydrogen-bond donors (Lipinski definition) is 2. The van der Waals surface area contributed by atoms with Gasteiger partial charge in [0.05, 0.1) is 24.3 Å². The van der Waals surface area contributed by atoms with Gasteiger partial charge in [-0.1, -0.05) is 215 Å². The Bertz CT molecular complexity index is 1330. The lowest BCUT2D eigenvalue weighted by Gasteiger charge is -2.20. The van der Waals surface area contributed by atoms with Gasteiger partial charge in [0.15, 0.2) is 0 Å². The monoisotopic (exact) mass is 943 g/mol. The van der Waals surface area contributed by atoms with Gasteiger partial charge in [0.25, 0.3) is 0 Å². The zero-order chi connectivity index (χ0) is 49.8. The van der Waals surface area contributed by atoms with Crippen LogP contribution < -0.4 is 0 Å². The molecular formula is C59H106O8. The average Bonchev–Trinajstić information content (AvgIpc) is 3.28. The molecule has 0 fully saturated rings. The van der Waals surface area contributed by atoms with Crippen LogP contribution >= 0.6 is 0 Å². The fraction of sp³-hybridized carbons (Fsp3) is 0.831. The molecule has 390 valence electrons. The number of unbranched alkanes of at least 4 members (excludes halogenated alkanes) is 25. The third kappa shape index (κ3) is 37.6. The lowest BCUT2D eigenvalue weighted by atomic mass is 9.84. The van der Waals surface area contributed by atoms with E-state index in [-0.39, 0.29) is 23.1 Å². The summed E-state index contributed by atoms with van der Waals surface area (Å²) in [5, 5.41) is 20.1. The molecule has 0 bridgehead atoms. The van der Waals surface area contributed by atoms with Gasteiger partial charge < -0.3 is 19.7 Å². The van der Waals surface area contributed by atoms with Crippen LogP contribution in [0.5, 0.6) is 0 Å². The van der Waals surface area contributed by atoms with Crippen molar-refractivity contribution >= 4 is 23.9 Å². The summed E-state index contributed by atoms with van der Waals surface area (Å²) in [7, 11) is 0. The van der Waals surface area contributed by atoms with Gasteiger partial charge in [-0.05, 0) is 98.8 Å². The minimum atomic E-state index is -1.12. The number of carboxylic acids is 2. The van der Waals surface area contributed by atoms with Crippen LogP contribution in [0, 0.1) is 11.8 Å². The second-order valence-electron chi connectivity index (χ2n) is 20.5. The molecule has 1 aromatic carbocycles. The third-order valence-electron chi connectivity index (χ3n) is 13.1. The van der Waals surface area contributed by atoms with Gasteiger partial charge in [-0.15, -0.1) is 0 Å². The number of ether oxygens (including phenoxy) is 2. The Morgan fingerprint density at radius 2 is 0.761 bits per heavy atom. The number of aryl methyl sites for hydroxylation is 1. The van der Waals surface area contributed by atoms with Crippen molar-refractivity contribution in [2.24, 2.45) is 11.8 Å². The molecule has 0 saturated carbocycles. The first-order chi connectivity index (χ1) is 32.4. The Morgan fingerprint density at radius 3 is 1.13 bits per heavy atom. The van der Waals surface area contributed by atoms with E-state index in [1.165, 1.54) is 135 Å². The van der Waals surface area contributed by atoms with Crippen LogP contribution in [-0.2, 0) is 38.3 Å². The highest BCUT2D eigenvalue weighted by Crippen LogP contribution is 2.30. The number of carbonyl (C=O) groups is 4. The van der Waals surface area contributed by atoms with E-state index < -0.39 is 11.9 Å². The molecule has 0 spiro atoms. The summed E-state index contributed by atoms with van der Waals surface area (Å²) in [6.07, 6.45) is 41.5. The maximum atomic E-state index is 12.4. The predicted octanol–water partition coefficient (Wildman–Crippen LogP) is 17.8. The maximum absolute atomic E-state index is 12.4. The highest BCUT2D eigenvalue weighted by molar-refractivity contribution is 6.03. The largest absolute Gasteiger partial charge is 0.478 e. The molecule has 0 amide bonds. The van der Waals surface area contributed by atoms with E-state index in [4.69, 9.17) is 9.47 Å². The number of rotatable bonds is 45. The Balaban J connectivity index is 0.00000138. The quantitative estimate of drug-likeness (QED) is 0.0489. The highest BCUT2D eigenvalue weighted by atomic mass is 16.5. The average molecular weight is 943 g/mol. The van der Waals surface area contributed by atoms with Crippen LogP contribution in [0.2, 0.25) is 0 Å². The van der Waals surface area contributed by atoms with Gasteiger partial charge in [0.1, 0.15) is 0 Å². The molecule has 0 heterocycles. The summed E-state index contributed by atoms with van der Waals surface area (Å²) in [5.41, 5.74) is 3.10. The Morgan fingerprint density at radius 1 is 0.418 bits per heavy atom. The molecule has 2 N–H and O–H groups in total. The molecule has 0 aliphatic rings. The number of carboxylic acid groups (broad SMARTS) is 2. The van der Waals surface area contributed by atoms with Gasteiger partial charge in [0.2, 0.25) is 0 Å². The molecule has 0 unspecified atom stereocenters. The summed E-state index contributed by atoms with van der Waals surface area (Å²) in [4.78, 5) is 48.0. The van der Waals surface area contributed by atoms with Crippen molar-refractivity contribution in [2.75, 3.05) is 13.2 Å². The lowest BCUT2D eigenvalue weighted by molar-refractivity contribution is -0.146. The minimum absolute atomic E-state index is 0.0136. The van der Waals surface area contributed by atoms with E-state index in [9.17, 15) is 29.4 Å². The molecule has 8 nitrogen and oxygen atoms in total. The molecule has 0 aliphatic heterocycles. The summed E-state index contributed by atoms with van der Waals surface area (Å²) in [5.74, 6) is -0.942. The molecule has 8 heteroatoms. The molecule has 0 aliphatic carbocycles. The van der Waals surface area contributed by atoms with Gasteiger partial charge in [-0.2, -0.15) is 0 Å². The van der Waals surface area contributed by atoms with Crippen molar-refractivity contribution in [1.82, 2.24) is 0 Å². The highest BCUT2D eigenvalue weighted by Gasteiger charge is 2.25. The van der Waals surface area contributed by atoms with Gasteiger partial charge in [0, 0.05) is 12.8 Å². The molecule has 0 radical (unpaired) electrons. The molecule has 1 rings (SSSR count). The first-order valence-electron chi connectivity index (χ1n) is 28.3. The van der Waals surface area contributed by atoms with Crippen LogP contribution in [0.4, 0.5) is 0 Å². The van der Waals surface area contributed by atoms with Crippen LogP contribution in [0.15, 0.2) is 6.07 Å². The zero-order valence-corrected chi connectivity index (χ0v) is 44.9. The number of esters is 2. The Labute approximate surface area is 412 Å². The smallest absolute Gasteiger partial charge is 0.336 e. The lowest BCUT2D eigenvalue weighted by Crippen LogP contribution is -2.16. The SMILES string of the molecule is CC(C)CCCCCCOC(=O)CCCCC(=O)OCCCCCCC(C)C.CCCCCCCCCCCc1c(CCCCCCCCC)c(CCCCCCC)cc(C(=O)O)c1C(=O)O. The molecule has 0 aromatic heterocycles. The number of hydrogen-bond acceptors (Lipinski definition) is 6. The van der Waals surface area contributed by atoms with Crippen LogP contribution in [0.3, 0.4) is 0 Å². The van der Waals surface area contributed by atoms with Gasteiger partial charge >= 0.3 is 23.9 Å². The third-order valence-corrected chi connectivity index (χ3v) is 13.1. The summed E-state index contributed by atoms with van der Waals surface area (Å²) in [6, 6.07) is 1.71. The number of carbonyl (C=O) groups excluding carboxylic acids is 2. The summed E-state index contributed by atoms with van der Waals surface area (Å²) in [6.45, 7) is 16.7. The fourth-order valence-electron chi connectivity index (χ4n) is 8.93. The predicted molar refractivity (Wildman–Crippen MR) is 282 cm³/mol. The van der Waals surface area contributed by atoms with Crippen molar-refractivity contribution in [3.05, 3.63) is 33.9 Å². The second-order valence-corrected chi connectivity index (χ2v) is 20.5. The summed E-state index contributed by atoms with van der Waals surface area (Å²) >= 11 is 0. The topological polar surface area (TPSA) is 127 Å². The zero-order valence-electron chi connectivity index (χ0n) is 44.9. The Kier molecular flexibility index (Phi) is 43.6. The van der Waals surface area contributed by atoms with E-state index >= 15 is 0 Å². The van der Waals surface area contributed by atoms with E-state index in [0.717, 1.165) is 106 Å².